The molecule has 10 nitrogen and oxygen atoms in total. The van der Waals surface area contributed by atoms with Crippen molar-refractivity contribution in [3.8, 4) is 17.4 Å². The van der Waals surface area contributed by atoms with Crippen LogP contribution in [0.3, 0.4) is 0 Å². The van der Waals surface area contributed by atoms with Gasteiger partial charge in [0.2, 0.25) is 0 Å². The Kier molecular flexibility index (Phi) is 8.21. The molecule has 1 amide bonds. The van der Waals surface area contributed by atoms with E-state index in [0.717, 1.165) is 42.6 Å². The third kappa shape index (κ3) is 5.61. The van der Waals surface area contributed by atoms with E-state index < -0.39 is 36.4 Å². The molecule has 0 radical (unpaired) electrons. The summed E-state index contributed by atoms with van der Waals surface area (Å²) in [5.74, 6) is -0.389. The predicted octanol–water partition coefficient (Wildman–Crippen LogP) is 2.42. The molecule has 5 atom stereocenters. The summed E-state index contributed by atoms with van der Waals surface area (Å²) in [7, 11) is 0. The van der Waals surface area contributed by atoms with E-state index in [9.17, 15) is 25.4 Å². The van der Waals surface area contributed by atoms with E-state index in [4.69, 9.17) is 13.9 Å². The monoisotopic (exact) mass is 547 g/mol. The topological polar surface area (TPSA) is 148 Å². The molecule has 40 heavy (non-hydrogen) atoms. The number of furan rings is 1. The largest absolute Gasteiger partial charge is 0.456 e. The number of ether oxygens (including phenoxy) is 2. The van der Waals surface area contributed by atoms with Gasteiger partial charge in [-0.3, -0.25) is 4.79 Å². The zero-order valence-corrected chi connectivity index (χ0v) is 22.4. The van der Waals surface area contributed by atoms with E-state index in [2.05, 4.69) is 28.4 Å². The molecule has 0 aliphatic carbocycles. The third-order valence-electron chi connectivity index (χ3n) is 7.67. The zero-order chi connectivity index (χ0) is 28.4. The van der Waals surface area contributed by atoms with Crippen molar-refractivity contribution in [2.45, 2.75) is 38.4 Å². The average Bonchev–Trinajstić information content (AvgIpc) is 3.48. The standard InChI is InChI=1S/C30H33N3O7/c1-17(23(15-31)29(36)32-16-26-28(35)27(34)18(2)30(37)40-26)24-7-8-25(39-24)21-4-3-20-14-22(6-5-19(20)13-21)33-9-11-38-12-10-33/h3-8,13-14,18,26-28,30,34-35,37H,9-12,16H2,1-2H3,(H,32,36)/b23-17+/t18-,26-,27-,28-,30?/m1/s1. The summed E-state index contributed by atoms with van der Waals surface area (Å²) >= 11 is 0. The van der Waals surface area contributed by atoms with E-state index in [1.807, 2.05) is 24.3 Å². The second-order valence-corrected chi connectivity index (χ2v) is 10.2. The fourth-order valence-electron chi connectivity index (χ4n) is 5.06. The molecule has 5 rings (SSSR count). The molecule has 3 aromatic rings. The first-order chi connectivity index (χ1) is 19.3. The summed E-state index contributed by atoms with van der Waals surface area (Å²) in [5.41, 5.74) is 2.22. The van der Waals surface area contributed by atoms with Gasteiger partial charge in [0.1, 0.15) is 35.4 Å². The molecule has 2 aliphatic rings. The molecular weight excluding hydrogens is 514 g/mol. The van der Waals surface area contributed by atoms with Crippen LogP contribution in [0.2, 0.25) is 0 Å². The van der Waals surface area contributed by atoms with Gasteiger partial charge in [0.05, 0.1) is 19.3 Å². The predicted molar refractivity (Wildman–Crippen MR) is 148 cm³/mol. The van der Waals surface area contributed by atoms with Crippen molar-refractivity contribution in [3.05, 3.63) is 59.9 Å². The Bertz CT molecular complexity index is 1450. The molecule has 2 aliphatic heterocycles. The van der Waals surface area contributed by atoms with Gasteiger partial charge in [0.25, 0.3) is 5.91 Å². The van der Waals surface area contributed by atoms with Crippen LogP contribution in [0.5, 0.6) is 0 Å². The Hall–Kier alpha value is -3.72. The first-order valence-electron chi connectivity index (χ1n) is 13.3. The van der Waals surface area contributed by atoms with Crippen molar-refractivity contribution < 1.29 is 34.0 Å². The second-order valence-electron chi connectivity index (χ2n) is 10.2. The highest BCUT2D eigenvalue weighted by molar-refractivity contribution is 6.04. The summed E-state index contributed by atoms with van der Waals surface area (Å²) in [6, 6.07) is 17.9. The fraction of sp³-hybridized carbons (Fsp3) is 0.400. The van der Waals surface area contributed by atoms with Gasteiger partial charge in [-0.2, -0.15) is 5.26 Å². The first-order valence-corrected chi connectivity index (χ1v) is 13.3. The summed E-state index contributed by atoms with van der Waals surface area (Å²) < 4.78 is 16.8. The lowest BCUT2D eigenvalue weighted by Gasteiger charge is -2.39. The van der Waals surface area contributed by atoms with Crippen LogP contribution in [0, 0.1) is 17.2 Å². The number of aliphatic hydroxyl groups excluding tert-OH is 3. The minimum absolute atomic E-state index is 0.158. The maximum atomic E-state index is 12.8. The van der Waals surface area contributed by atoms with Gasteiger partial charge in [-0.1, -0.05) is 25.1 Å². The van der Waals surface area contributed by atoms with E-state index in [1.54, 1.807) is 26.0 Å². The Morgan fingerprint density at radius 1 is 1.05 bits per heavy atom. The van der Waals surface area contributed by atoms with Crippen molar-refractivity contribution in [1.29, 1.82) is 5.26 Å². The number of nitrogens with one attached hydrogen (secondary N) is 1. The third-order valence-corrected chi connectivity index (χ3v) is 7.67. The molecule has 210 valence electrons. The molecular formula is C30H33N3O7. The van der Waals surface area contributed by atoms with E-state index in [-0.39, 0.29) is 12.1 Å². The molecule has 0 spiro atoms. The SMILES string of the molecule is C/C(=C(/C#N)C(=O)NC[C@H]1OC(O)[C@H](C)[C@@H](O)[C@@H]1O)c1ccc(-c2ccc3cc(N4CCOCC4)ccc3c2)o1. The lowest BCUT2D eigenvalue weighted by molar-refractivity contribution is -0.258. The molecule has 2 saturated heterocycles. The second kappa shape index (κ2) is 11.8. The molecule has 1 aromatic heterocycles. The molecule has 0 bridgehead atoms. The smallest absolute Gasteiger partial charge is 0.262 e. The number of benzene rings is 2. The number of hydrogen-bond donors (Lipinski definition) is 4. The van der Waals surface area contributed by atoms with Crippen molar-refractivity contribution >= 4 is 27.9 Å². The maximum Gasteiger partial charge on any atom is 0.262 e. The van der Waals surface area contributed by atoms with E-state index in [0.29, 0.717) is 17.1 Å². The summed E-state index contributed by atoms with van der Waals surface area (Å²) in [5, 5.41) is 44.7. The highest BCUT2D eigenvalue weighted by atomic mass is 16.6. The van der Waals surface area contributed by atoms with Crippen molar-refractivity contribution in [3.63, 3.8) is 0 Å². The quantitative estimate of drug-likeness (QED) is 0.270. The number of rotatable bonds is 6. The van der Waals surface area contributed by atoms with Crippen LogP contribution in [0.4, 0.5) is 5.69 Å². The molecule has 0 saturated carbocycles. The summed E-state index contributed by atoms with van der Waals surface area (Å²) in [6.45, 7) is 6.17. The van der Waals surface area contributed by atoms with Crippen molar-refractivity contribution in [2.75, 3.05) is 37.7 Å². The van der Waals surface area contributed by atoms with Gasteiger partial charge in [-0.15, -0.1) is 0 Å². The highest BCUT2D eigenvalue weighted by Gasteiger charge is 2.41. The number of amides is 1. The van der Waals surface area contributed by atoms with Crippen LogP contribution < -0.4 is 10.2 Å². The van der Waals surface area contributed by atoms with Gasteiger partial charge in [-0.25, -0.2) is 0 Å². The molecule has 2 aromatic carbocycles. The zero-order valence-electron chi connectivity index (χ0n) is 22.4. The fourth-order valence-corrected chi connectivity index (χ4v) is 5.06. The highest BCUT2D eigenvalue weighted by Crippen LogP contribution is 2.31. The number of allylic oxidation sites excluding steroid dienone is 1. The molecule has 10 heteroatoms. The Balaban J connectivity index is 1.30. The van der Waals surface area contributed by atoms with Crippen molar-refractivity contribution in [1.82, 2.24) is 5.32 Å². The van der Waals surface area contributed by atoms with Crippen LogP contribution in [0.1, 0.15) is 19.6 Å². The minimum atomic E-state index is -1.30. The number of morpholine rings is 1. The summed E-state index contributed by atoms with van der Waals surface area (Å²) in [4.78, 5) is 15.1. The van der Waals surface area contributed by atoms with Gasteiger partial charge in [0.15, 0.2) is 6.29 Å². The number of carbonyl (C=O) groups is 1. The average molecular weight is 548 g/mol. The Morgan fingerprint density at radius 2 is 1.77 bits per heavy atom. The minimum Gasteiger partial charge on any atom is -0.456 e. The van der Waals surface area contributed by atoms with Crippen LogP contribution in [-0.2, 0) is 14.3 Å². The number of nitrogens with zero attached hydrogens (tertiary/aromatic N) is 2. The number of carbonyl (C=O) groups excluding carboxylic acids is 1. The molecule has 4 N–H and O–H groups in total. The Morgan fingerprint density at radius 3 is 2.52 bits per heavy atom. The number of hydrogen-bond acceptors (Lipinski definition) is 9. The van der Waals surface area contributed by atoms with E-state index in [1.165, 1.54) is 5.69 Å². The number of fused-ring (bicyclic) bond motifs is 1. The molecule has 3 heterocycles. The van der Waals surface area contributed by atoms with E-state index >= 15 is 0 Å². The summed E-state index contributed by atoms with van der Waals surface area (Å²) in [6.07, 6.45) is -4.81. The first kappa shape index (κ1) is 27.8. The molecule has 1 unspecified atom stereocenters. The normalized spacial score (nSPS) is 25.8. The lowest BCUT2D eigenvalue weighted by atomic mass is 9.92. The van der Waals surface area contributed by atoms with Crippen LogP contribution in [-0.4, -0.2) is 78.7 Å². The molecule has 2 fully saturated rings. The Labute approximate surface area is 232 Å². The number of nitriles is 1. The van der Waals surface area contributed by atoms with Crippen molar-refractivity contribution in [2.24, 2.45) is 5.92 Å². The van der Waals surface area contributed by atoms with Gasteiger partial charge in [-0.05, 0) is 48.0 Å². The lowest BCUT2D eigenvalue weighted by Crippen LogP contribution is -2.56. The van der Waals surface area contributed by atoms with Crippen LogP contribution in [0.15, 0.2) is 58.5 Å². The van der Waals surface area contributed by atoms with Gasteiger partial charge in [0, 0.05) is 42.4 Å². The van der Waals surface area contributed by atoms with Gasteiger partial charge < -0.3 is 39.4 Å². The van der Waals surface area contributed by atoms with Crippen LogP contribution >= 0.6 is 0 Å². The maximum absolute atomic E-state index is 12.8. The number of anilines is 1. The number of aliphatic hydroxyl groups is 3. The van der Waals surface area contributed by atoms with Crippen LogP contribution in [0.25, 0.3) is 27.7 Å². The van der Waals surface area contributed by atoms with Gasteiger partial charge >= 0.3 is 0 Å².